The number of nitrogens with one attached hydrogen (secondary N) is 2. The lowest BCUT2D eigenvalue weighted by Gasteiger charge is -2.23. The van der Waals surface area contributed by atoms with Gasteiger partial charge in [0.2, 0.25) is 11.0 Å². The van der Waals surface area contributed by atoms with Gasteiger partial charge in [0.15, 0.2) is 0 Å². The molecule has 1 saturated heterocycles. The Bertz CT molecular complexity index is 1070. The first-order valence-electron chi connectivity index (χ1n) is 9.54. The van der Waals surface area contributed by atoms with Crippen LogP contribution in [0.1, 0.15) is 18.4 Å². The fraction of sp³-hybridized carbons (Fsp3) is 0.238. The SMILES string of the molecule is Cc1cccc(-c2nnc(NC(=O)C3CCCN3C(=O)Nc3ccc(Cl)cc3)s2)c1. The first-order chi connectivity index (χ1) is 14.5. The second kappa shape index (κ2) is 8.81. The van der Waals surface area contributed by atoms with Gasteiger partial charge < -0.3 is 10.2 Å². The Morgan fingerprint density at radius 2 is 1.93 bits per heavy atom. The summed E-state index contributed by atoms with van der Waals surface area (Å²) in [5.41, 5.74) is 2.71. The molecule has 2 heterocycles. The molecule has 4 rings (SSSR count). The summed E-state index contributed by atoms with van der Waals surface area (Å²) in [6.07, 6.45) is 1.36. The number of benzene rings is 2. The Kier molecular flexibility index (Phi) is 5.96. The van der Waals surface area contributed by atoms with E-state index >= 15 is 0 Å². The largest absolute Gasteiger partial charge is 0.322 e. The number of carbonyl (C=O) groups is 2. The molecule has 1 aliphatic rings. The van der Waals surface area contributed by atoms with Crippen molar-refractivity contribution >= 4 is 45.7 Å². The topological polar surface area (TPSA) is 87.2 Å². The fourth-order valence-electron chi connectivity index (χ4n) is 3.37. The van der Waals surface area contributed by atoms with E-state index in [1.165, 1.54) is 11.3 Å². The maximum atomic E-state index is 12.8. The zero-order chi connectivity index (χ0) is 21.1. The van der Waals surface area contributed by atoms with Gasteiger partial charge in [-0.05, 0) is 50.1 Å². The lowest BCUT2D eigenvalue weighted by molar-refractivity contribution is -0.119. The molecule has 0 bridgehead atoms. The van der Waals surface area contributed by atoms with E-state index in [4.69, 9.17) is 11.6 Å². The monoisotopic (exact) mass is 441 g/mol. The van der Waals surface area contributed by atoms with Gasteiger partial charge in [-0.15, -0.1) is 10.2 Å². The Hall–Kier alpha value is -2.97. The smallest absolute Gasteiger partial charge is 0.312 e. The van der Waals surface area contributed by atoms with Crippen molar-refractivity contribution < 1.29 is 9.59 Å². The van der Waals surface area contributed by atoms with Gasteiger partial charge in [0.05, 0.1) is 0 Å². The number of likely N-dealkylation sites (tertiary alicyclic amines) is 1. The molecule has 1 fully saturated rings. The molecule has 3 aromatic rings. The minimum absolute atomic E-state index is 0.259. The summed E-state index contributed by atoms with van der Waals surface area (Å²) >= 11 is 7.19. The molecule has 7 nitrogen and oxygen atoms in total. The highest BCUT2D eigenvalue weighted by molar-refractivity contribution is 7.18. The number of amides is 3. The summed E-state index contributed by atoms with van der Waals surface area (Å²) < 4.78 is 0. The number of carbonyl (C=O) groups excluding carboxylic acids is 2. The van der Waals surface area contributed by atoms with E-state index in [1.54, 1.807) is 29.2 Å². The first kappa shape index (κ1) is 20.3. The average molecular weight is 442 g/mol. The third-order valence-electron chi connectivity index (χ3n) is 4.83. The van der Waals surface area contributed by atoms with Crippen LogP contribution in [-0.2, 0) is 4.79 Å². The number of rotatable bonds is 4. The Morgan fingerprint density at radius 3 is 2.70 bits per heavy atom. The van der Waals surface area contributed by atoms with Crippen LogP contribution in [0.5, 0.6) is 0 Å². The highest BCUT2D eigenvalue weighted by Gasteiger charge is 2.34. The Balaban J connectivity index is 1.41. The molecule has 1 aliphatic heterocycles. The molecule has 3 amide bonds. The van der Waals surface area contributed by atoms with Gasteiger partial charge in [0.1, 0.15) is 11.0 Å². The van der Waals surface area contributed by atoms with Crippen molar-refractivity contribution in [2.45, 2.75) is 25.8 Å². The lowest BCUT2D eigenvalue weighted by atomic mass is 10.1. The minimum atomic E-state index is -0.552. The van der Waals surface area contributed by atoms with E-state index in [0.29, 0.717) is 28.8 Å². The van der Waals surface area contributed by atoms with E-state index in [9.17, 15) is 9.59 Å². The molecule has 2 N–H and O–H groups in total. The maximum absolute atomic E-state index is 12.8. The number of urea groups is 1. The van der Waals surface area contributed by atoms with Crippen LogP contribution in [0.3, 0.4) is 0 Å². The number of hydrogen-bond donors (Lipinski definition) is 2. The van der Waals surface area contributed by atoms with Crippen molar-refractivity contribution in [1.29, 1.82) is 0 Å². The minimum Gasteiger partial charge on any atom is -0.312 e. The van der Waals surface area contributed by atoms with E-state index in [1.807, 2.05) is 31.2 Å². The molecule has 1 unspecified atom stereocenters. The van der Waals surface area contributed by atoms with Crippen LogP contribution in [0.15, 0.2) is 48.5 Å². The van der Waals surface area contributed by atoms with Gasteiger partial charge in [-0.25, -0.2) is 4.79 Å². The van der Waals surface area contributed by atoms with Gasteiger partial charge in [0.25, 0.3) is 0 Å². The van der Waals surface area contributed by atoms with Crippen molar-refractivity contribution in [1.82, 2.24) is 15.1 Å². The van der Waals surface area contributed by atoms with E-state index in [2.05, 4.69) is 20.8 Å². The molecule has 154 valence electrons. The van der Waals surface area contributed by atoms with Crippen LogP contribution in [0, 0.1) is 6.92 Å². The number of nitrogens with zero attached hydrogens (tertiary/aromatic N) is 3. The molecule has 1 atom stereocenters. The van der Waals surface area contributed by atoms with E-state index < -0.39 is 6.04 Å². The van der Waals surface area contributed by atoms with Gasteiger partial charge in [-0.3, -0.25) is 10.1 Å². The third-order valence-corrected chi connectivity index (χ3v) is 5.97. The van der Waals surface area contributed by atoms with Crippen molar-refractivity contribution in [3.8, 4) is 10.6 Å². The second-order valence-electron chi connectivity index (χ2n) is 7.06. The third kappa shape index (κ3) is 4.60. The molecule has 0 radical (unpaired) electrons. The molecule has 0 saturated carbocycles. The number of hydrogen-bond acceptors (Lipinski definition) is 5. The van der Waals surface area contributed by atoms with Crippen molar-refractivity contribution in [3.63, 3.8) is 0 Å². The second-order valence-corrected chi connectivity index (χ2v) is 8.47. The highest BCUT2D eigenvalue weighted by Crippen LogP contribution is 2.28. The summed E-state index contributed by atoms with van der Waals surface area (Å²) in [6.45, 7) is 2.53. The van der Waals surface area contributed by atoms with E-state index in [0.717, 1.165) is 22.6 Å². The number of aryl methyl sites for hydroxylation is 1. The normalized spacial score (nSPS) is 15.8. The highest BCUT2D eigenvalue weighted by atomic mass is 35.5. The molecular formula is C21H20ClN5O2S. The number of anilines is 2. The lowest BCUT2D eigenvalue weighted by Crippen LogP contribution is -2.45. The predicted molar refractivity (Wildman–Crippen MR) is 119 cm³/mol. The predicted octanol–water partition coefficient (Wildman–Crippen LogP) is 4.80. The summed E-state index contributed by atoms with van der Waals surface area (Å²) in [7, 11) is 0. The van der Waals surface area contributed by atoms with Crippen LogP contribution in [0.2, 0.25) is 5.02 Å². The van der Waals surface area contributed by atoms with Crippen LogP contribution < -0.4 is 10.6 Å². The maximum Gasteiger partial charge on any atom is 0.322 e. The van der Waals surface area contributed by atoms with Crippen molar-refractivity contribution in [2.75, 3.05) is 17.2 Å². The summed E-state index contributed by atoms with van der Waals surface area (Å²) in [5, 5.41) is 15.6. The molecule has 30 heavy (non-hydrogen) atoms. The standard InChI is InChI=1S/C21H20ClN5O2S/c1-13-4-2-5-14(12-13)19-25-26-20(30-19)24-18(28)17-6-3-11-27(17)21(29)23-16-9-7-15(22)8-10-16/h2,4-5,7-10,12,17H,3,6,11H2,1H3,(H,23,29)(H,24,26,28). The fourth-order valence-corrected chi connectivity index (χ4v) is 4.24. The Labute approximate surface area is 183 Å². The first-order valence-corrected chi connectivity index (χ1v) is 10.7. The van der Waals surface area contributed by atoms with Crippen LogP contribution in [-0.4, -0.2) is 39.6 Å². The molecule has 0 spiro atoms. The van der Waals surface area contributed by atoms with Crippen molar-refractivity contribution in [3.05, 3.63) is 59.1 Å². The summed E-state index contributed by atoms with van der Waals surface area (Å²) in [6, 6.07) is 13.9. The molecule has 9 heteroatoms. The van der Waals surface area contributed by atoms with Gasteiger partial charge in [-0.2, -0.15) is 0 Å². The molecule has 1 aromatic heterocycles. The zero-order valence-corrected chi connectivity index (χ0v) is 17.8. The van der Waals surface area contributed by atoms with Gasteiger partial charge in [-0.1, -0.05) is 46.7 Å². The Morgan fingerprint density at radius 1 is 1.13 bits per heavy atom. The van der Waals surface area contributed by atoms with Crippen molar-refractivity contribution in [2.24, 2.45) is 0 Å². The van der Waals surface area contributed by atoms with E-state index in [-0.39, 0.29) is 11.9 Å². The average Bonchev–Trinajstić information content (AvgIpc) is 3.39. The van der Waals surface area contributed by atoms with Crippen LogP contribution >= 0.6 is 22.9 Å². The molecule has 2 aromatic carbocycles. The van der Waals surface area contributed by atoms with Gasteiger partial charge >= 0.3 is 6.03 Å². The van der Waals surface area contributed by atoms with Crippen LogP contribution in [0.25, 0.3) is 10.6 Å². The molecular weight excluding hydrogens is 422 g/mol. The number of halogens is 1. The summed E-state index contributed by atoms with van der Waals surface area (Å²) in [4.78, 5) is 27.0. The van der Waals surface area contributed by atoms with Gasteiger partial charge in [0, 0.05) is 22.8 Å². The van der Waals surface area contributed by atoms with Crippen LogP contribution in [0.4, 0.5) is 15.6 Å². The summed E-state index contributed by atoms with van der Waals surface area (Å²) in [5.74, 6) is -0.259. The zero-order valence-electron chi connectivity index (χ0n) is 16.3. The number of aromatic nitrogens is 2. The molecule has 0 aliphatic carbocycles. The quantitative estimate of drug-likeness (QED) is 0.608.